The predicted molar refractivity (Wildman–Crippen MR) is 79.0 cm³/mol. The zero-order valence-corrected chi connectivity index (χ0v) is 12.3. The van der Waals surface area contributed by atoms with E-state index < -0.39 is 0 Å². The summed E-state index contributed by atoms with van der Waals surface area (Å²) >= 11 is 0. The van der Waals surface area contributed by atoms with Crippen LogP contribution in [0.3, 0.4) is 0 Å². The lowest BCUT2D eigenvalue weighted by Crippen LogP contribution is -2.26. The van der Waals surface area contributed by atoms with Gasteiger partial charge in [0.15, 0.2) is 0 Å². The maximum atomic E-state index is 4.44. The van der Waals surface area contributed by atoms with Crippen molar-refractivity contribution >= 4 is 11.9 Å². The summed E-state index contributed by atoms with van der Waals surface area (Å²) < 4.78 is 1.75. The van der Waals surface area contributed by atoms with Gasteiger partial charge in [-0.3, -0.25) is 4.57 Å². The van der Waals surface area contributed by atoms with Crippen molar-refractivity contribution in [3.05, 3.63) is 18.7 Å². The van der Waals surface area contributed by atoms with Crippen LogP contribution in [0.1, 0.15) is 27.2 Å². The lowest BCUT2D eigenvalue weighted by molar-refractivity contribution is 0.508. The third kappa shape index (κ3) is 3.23. The van der Waals surface area contributed by atoms with Crippen molar-refractivity contribution in [1.82, 2.24) is 24.5 Å². The molecule has 0 aliphatic heterocycles. The van der Waals surface area contributed by atoms with Gasteiger partial charge in [-0.05, 0) is 12.3 Å². The Kier molecular flexibility index (Phi) is 4.49. The first-order valence-corrected chi connectivity index (χ1v) is 6.82. The smallest absolute Gasteiger partial charge is 0.241 e. The molecule has 0 aromatic carbocycles. The van der Waals surface area contributed by atoms with Crippen molar-refractivity contribution in [2.45, 2.75) is 33.2 Å². The number of hydrogen-bond acceptors (Lipinski definition) is 6. The van der Waals surface area contributed by atoms with E-state index in [-0.39, 0.29) is 0 Å². The normalized spacial score (nSPS) is 12.4. The fourth-order valence-electron chi connectivity index (χ4n) is 1.94. The summed E-state index contributed by atoms with van der Waals surface area (Å²) in [5.74, 6) is 2.16. The summed E-state index contributed by atoms with van der Waals surface area (Å²) in [4.78, 5) is 17.1. The zero-order chi connectivity index (χ0) is 14.5. The number of rotatable bonds is 6. The quantitative estimate of drug-likeness (QED) is 0.838. The lowest BCUT2D eigenvalue weighted by Gasteiger charge is -2.21. The fraction of sp³-hybridized carbons (Fsp3) is 0.538. The molecule has 1 atom stereocenters. The molecule has 0 aliphatic carbocycles. The van der Waals surface area contributed by atoms with Gasteiger partial charge in [0.05, 0.1) is 0 Å². The van der Waals surface area contributed by atoms with Gasteiger partial charge in [0.2, 0.25) is 17.8 Å². The summed E-state index contributed by atoms with van der Waals surface area (Å²) in [5, 5.41) is 6.32. The van der Waals surface area contributed by atoms with E-state index >= 15 is 0 Å². The molecule has 7 nitrogen and oxygen atoms in total. The van der Waals surface area contributed by atoms with Crippen LogP contribution in [-0.2, 0) is 0 Å². The van der Waals surface area contributed by atoms with Gasteiger partial charge in [-0.15, -0.1) is 0 Å². The van der Waals surface area contributed by atoms with Crippen molar-refractivity contribution < 1.29 is 0 Å². The van der Waals surface area contributed by atoms with Crippen LogP contribution in [0.25, 0.3) is 5.95 Å². The minimum Gasteiger partial charge on any atom is -0.357 e. The maximum Gasteiger partial charge on any atom is 0.241 e. The Morgan fingerprint density at radius 3 is 2.50 bits per heavy atom. The summed E-state index contributed by atoms with van der Waals surface area (Å²) in [7, 11) is 1.79. The van der Waals surface area contributed by atoms with Gasteiger partial charge in [-0.2, -0.15) is 15.0 Å². The molecule has 0 amide bonds. The number of aromatic nitrogens is 5. The second kappa shape index (κ2) is 6.31. The third-order valence-corrected chi connectivity index (χ3v) is 3.14. The molecule has 7 heteroatoms. The maximum absolute atomic E-state index is 4.44. The van der Waals surface area contributed by atoms with Crippen LogP contribution < -0.4 is 10.6 Å². The first-order valence-electron chi connectivity index (χ1n) is 6.82. The summed E-state index contributed by atoms with van der Waals surface area (Å²) in [6, 6.07) is 0.331. The molecule has 0 bridgehead atoms. The van der Waals surface area contributed by atoms with Crippen LogP contribution in [0.15, 0.2) is 18.7 Å². The highest BCUT2D eigenvalue weighted by Gasteiger charge is 2.14. The molecule has 2 heterocycles. The monoisotopic (exact) mass is 275 g/mol. The van der Waals surface area contributed by atoms with Gasteiger partial charge in [0.1, 0.15) is 6.33 Å². The Morgan fingerprint density at radius 2 is 1.95 bits per heavy atom. The SMILES string of the molecule is CCC(Nc1nc(NC)nc(-n2ccnc2)n1)C(C)C. The Bertz CT molecular complexity index is 536. The van der Waals surface area contributed by atoms with Gasteiger partial charge in [0.25, 0.3) is 0 Å². The number of nitrogens with one attached hydrogen (secondary N) is 2. The Morgan fingerprint density at radius 1 is 1.20 bits per heavy atom. The first-order chi connectivity index (χ1) is 9.63. The summed E-state index contributed by atoms with van der Waals surface area (Å²) in [6.07, 6.45) is 6.17. The van der Waals surface area contributed by atoms with Crippen LogP contribution in [0, 0.1) is 5.92 Å². The Labute approximate surface area is 118 Å². The van der Waals surface area contributed by atoms with Crippen molar-refractivity contribution in [3.8, 4) is 5.95 Å². The predicted octanol–water partition coefficient (Wildman–Crippen LogP) is 1.95. The van der Waals surface area contributed by atoms with E-state index in [1.807, 2.05) is 0 Å². The molecule has 1 unspecified atom stereocenters. The molecule has 2 rings (SSSR count). The highest BCUT2D eigenvalue weighted by atomic mass is 15.3. The average Bonchev–Trinajstić information content (AvgIpc) is 2.98. The zero-order valence-electron chi connectivity index (χ0n) is 12.3. The van der Waals surface area contributed by atoms with Gasteiger partial charge in [0, 0.05) is 25.5 Å². The minimum absolute atomic E-state index is 0.331. The van der Waals surface area contributed by atoms with Crippen molar-refractivity contribution in [3.63, 3.8) is 0 Å². The van der Waals surface area contributed by atoms with E-state index in [4.69, 9.17) is 0 Å². The molecule has 0 radical (unpaired) electrons. The number of anilines is 2. The largest absolute Gasteiger partial charge is 0.357 e. The second-order valence-electron chi connectivity index (χ2n) is 4.91. The van der Waals surface area contributed by atoms with Crippen LogP contribution in [0.4, 0.5) is 11.9 Å². The van der Waals surface area contributed by atoms with Gasteiger partial charge in [-0.1, -0.05) is 20.8 Å². The fourth-order valence-corrected chi connectivity index (χ4v) is 1.94. The van der Waals surface area contributed by atoms with E-state index in [1.54, 1.807) is 30.3 Å². The molecule has 0 saturated heterocycles. The van der Waals surface area contributed by atoms with E-state index in [1.165, 1.54) is 0 Å². The molecule has 2 N–H and O–H groups in total. The van der Waals surface area contributed by atoms with Gasteiger partial charge >= 0.3 is 0 Å². The summed E-state index contributed by atoms with van der Waals surface area (Å²) in [6.45, 7) is 6.50. The molecule has 0 saturated carbocycles. The standard InChI is InChI=1S/C13H21N7/c1-5-10(9(2)3)16-12-17-11(14-4)18-13(19-12)20-7-6-15-8-20/h6-10H,5H2,1-4H3,(H2,14,16,17,18,19). The summed E-state index contributed by atoms with van der Waals surface area (Å²) in [5.41, 5.74) is 0. The lowest BCUT2D eigenvalue weighted by atomic mass is 10.0. The van der Waals surface area contributed by atoms with Crippen molar-refractivity contribution in [1.29, 1.82) is 0 Å². The molecule has 2 aromatic rings. The number of imidazole rings is 1. The van der Waals surface area contributed by atoms with Crippen LogP contribution in [0.2, 0.25) is 0 Å². The molecular weight excluding hydrogens is 254 g/mol. The molecular formula is C13H21N7. The van der Waals surface area contributed by atoms with Crippen LogP contribution >= 0.6 is 0 Å². The first kappa shape index (κ1) is 14.2. The molecule has 2 aromatic heterocycles. The molecule has 0 aliphatic rings. The van der Waals surface area contributed by atoms with Crippen molar-refractivity contribution in [2.24, 2.45) is 5.92 Å². The second-order valence-corrected chi connectivity index (χ2v) is 4.91. The van der Waals surface area contributed by atoms with E-state index in [0.717, 1.165) is 6.42 Å². The van der Waals surface area contributed by atoms with Crippen LogP contribution in [-0.4, -0.2) is 37.6 Å². The molecule has 0 spiro atoms. The third-order valence-electron chi connectivity index (χ3n) is 3.14. The van der Waals surface area contributed by atoms with Gasteiger partial charge in [-0.25, -0.2) is 4.98 Å². The molecule has 108 valence electrons. The number of hydrogen-bond donors (Lipinski definition) is 2. The highest BCUT2D eigenvalue weighted by Crippen LogP contribution is 2.14. The van der Waals surface area contributed by atoms with E-state index in [0.29, 0.717) is 29.8 Å². The topological polar surface area (TPSA) is 80.5 Å². The molecule has 20 heavy (non-hydrogen) atoms. The van der Waals surface area contributed by atoms with Crippen molar-refractivity contribution in [2.75, 3.05) is 17.7 Å². The van der Waals surface area contributed by atoms with E-state index in [2.05, 4.69) is 51.3 Å². The van der Waals surface area contributed by atoms with Gasteiger partial charge < -0.3 is 10.6 Å². The highest BCUT2D eigenvalue weighted by molar-refractivity contribution is 5.38. The Hall–Kier alpha value is -2.18. The number of nitrogens with zero attached hydrogens (tertiary/aromatic N) is 5. The van der Waals surface area contributed by atoms with Crippen LogP contribution in [0.5, 0.6) is 0 Å². The average molecular weight is 275 g/mol. The van der Waals surface area contributed by atoms with E-state index in [9.17, 15) is 0 Å². The Balaban J connectivity index is 2.31. The minimum atomic E-state index is 0.331. The molecule has 0 fully saturated rings.